The van der Waals surface area contributed by atoms with Gasteiger partial charge in [-0.05, 0) is 128 Å². The molecule has 0 fully saturated rings. The van der Waals surface area contributed by atoms with E-state index in [1.165, 1.54) is 128 Å². The van der Waals surface area contributed by atoms with Gasteiger partial charge in [0.2, 0.25) is 0 Å². The number of allylic oxidation sites excluding steroid dienone is 8. The van der Waals surface area contributed by atoms with Crippen molar-refractivity contribution in [2.75, 3.05) is 39.6 Å². The van der Waals surface area contributed by atoms with Gasteiger partial charge >= 0.3 is 39.5 Å². The third-order valence-corrected chi connectivity index (χ3v) is 18.6. The van der Waals surface area contributed by atoms with Gasteiger partial charge < -0.3 is 33.8 Å². The number of unbranched alkanes of at least 4 members (excludes halogenated alkanes) is 40. The van der Waals surface area contributed by atoms with E-state index < -0.39 is 97.5 Å². The third-order valence-electron chi connectivity index (χ3n) is 16.7. The molecule has 0 aromatic rings. The van der Waals surface area contributed by atoms with Crippen LogP contribution in [0.25, 0.3) is 0 Å². The number of carbonyl (C=O) groups excluding carboxylic acids is 4. The number of esters is 4. The van der Waals surface area contributed by atoms with Crippen molar-refractivity contribution >= 4 is 39.5 Å². The maximum atomic E-state index is 13.1. The van der Waals surface area contributed by atoms with E-state index in [9.17, 15) is 43.2 Å². The number of hydrogen-bond donors (Lipinski definition) is 3. The van der Waals surface area contributed by atoms with Gasteiger partial charge in [-0.15, -0.1) is 0 Å². The van der Waals surface area contributed by atoms with Gasteiger partial charge in [-0.3, -0.25) is 37.3 Å². The van der Waals surface area contributed by atoms with Crippen LogP contribution in [0.4, 0.5) is 0 Å². The Hall–Kier alpha value is -2.98. The summed E-state index contributed by atoms with van der Waals surface area (Å²) in [6.45, 7) is 4.86. The summed E-state index contributed by atoms with van der Waals surface area (Å²) in [6, 6.07) is 0. The second kappa shape index (κ2) is 70.5. The molecule has 17 nitrogen and oxygen atoms in total. The van der Waals surface area contributed by atoms with E-state index >= 15 is 0 Å². The Balaban J connectivity index is 5.33. The molecule has 0 heterocycles. The molecule has 562 valence electrons. The van der Waals surface area contributed by atoms with Crippen molar-refractivity contribution in [3.8, 4) is 0 Å². The van der Waals surface area contributed by atoms with Gasteiger partial charge in [-0.1, -0.05) is 256 Å². The molecular weight excluding hydrogens is 1260 g/mol. The number of carbonyl (C=O) groups is 4. The van der Waals surface area contributed by atoms with Crippen LogP contribution in [0.5, 0.6) is 0 Å². The van der Waals surface area contributed by atoms with E-state index in [0.29, 0.717) is 25.7 Å². The lowest BCUT2D eigenvalue weighted by atomic mass is 10.1. The van der Waals surface area contributed by atoms with E-state index in [2.05, 4.69) is 76.3 Å². The molecule has 96 heavy (non-hydrogen) atoms. The Morgan fingerprint density at radius 2 is 0.479 bits per heavy atom. The van der Waals surface area contributed by atoms with Crippen LogP contribution in [0, 0.1) is 0 Å². The maximum Gasteiger partial charge on any atom is 0.472 e. The summed E-state index contributed by atoms with van der Waals surface area (Å²) in [4.78, 5) is 72.8. The molecule has 0 aromatic carbocycles. The molecule has 2 unspecified atom stereocenters. The standard InChI is InChI=1S/C77H142O17P2/c1-5-9-13-17-21-25-29-33-35-39-43-47-51-55-59-63-76(81)93-72(67-87-74(79)61-57-53-49-45-41-37-31-27-23-19-15-11-7-3)69-91-95(83,84)89-65-71(78)66-90-96(85,86)92-70-73(68-88-75(80)62-58-54-50-46-42-38-32-28-24-20-16-12-8-4)94-77(82)64-60-56-52-48-44-40-36-34-30-26-22-18-14-10-6-2/h27-28,31-36,71-73,78H,5-26,29-30,37-70H2,1-4H3,(H,83,84)(H,85,86)/b31-27-,32-28-,35-33-,36-34-/t72-,73-/m1/s1. The van der Waals surface area contributed by atoms with Crippen LogP contribution >= 0.6 is 15.6 Å². The molecule has 0 amide bonds. The summed E-state index contributed by atoms with van der Waals surface area (Å²) in [5.74, 6) is -2.18. The van der Waals surface area contributed by atoms with Crippen molar-refractivity contribution in [1.82, 2.24) is 0 Å². The summed E-state index contributed by atoms with van der Waals surface area (Å²) in [5, 5.41) is 10.6. The van der Waals surface area contributed by atoms with Gasteiger partial charge in [-0.25, -0.2) is 9.13 Å². The van der Waals surface area contributed by atoms with E-state index in [-0.39, 0.29) is 25.7 Å². The Morgan fingerprint density at radius 1 is 0.281 bits per heavy atom. The second-order valence-electron chi connectivity index (χ2n) is 26.3. The van der Waals surface area contributed by atoms with Gasteiger partial charge in [0.1, 0.15) is 19.3 Å². The molecule has 0 saturated heterocycles. The molecule has 0 bridgehead atoms. The lowest BCUT2D eigenvalue weighted by Gasteiger charge is -2.21. The van der Waals surface area contributed by atoms with Crippen molar-refractivity contribution in [3.63, 3.8) is 0 Å². The SMILES string of the molecule is CCCCCC/C=C\CCCCCCCC(=O)OC[C@H](COP(=O)(O)OCC(O)COP(=O)(O)OC[C@@H](COC(=O)CCCCCCC/C=C\CCCCCC)OC(=O)CCCCCCC/C=C\CCCCCCCC)OC(=O)CCCCCCC/C=C\CCCCCCCC. The predicted molar refractivity (Wildman–Crippen MR) is 390 cm³/mol. The number of aliphatic hydroxyl groups excluding tert-OH is 1. The number of phosphoric ester groups is 2. The Morgan fingerprint density at radius 3 is 0.729 bits per heavy atom. The molecule has 3 N–H and O–H groups in total. The van der Waals surface area contributed by atoms with Crippen molar-refractivity contribution in [2.24, 2.45) is 0 Å². The Kier molecular flexibility index (Phi) is 68.3. The first kappa shape index (κ1) is 93.0. The summed E-state index contributed by atoms with van der Waals surface area (Å²) < 4.78 is 68.5. The molecule has 19 heteroatoms. The first-order valence-electron chi connectivity index (χ1n) is 38.9. The molecule has 0 rings (SSSR count). The maximum absolute atomic E-state index is 13.1. The molecule has 0 aliphatic carbocycles. The highest BCUT2D eigenvalue weighted by Crippen LogP contribution is 2.45. The zero-order valence-electron chi connectivity index (χ0n) is 61.3. The predicted octanol–water partition coefficient (Wildman–Crippen LogP) is 22.1. The average Bonchev–Trinajstić information content (AvgIpc) is 1.18. The summed E-state index contributed by atoms with van der Waals surface area (Å²) in [6.07, 6.45) is 66.6. The number of rotatable bonds is 74. The van der Waals surface area contributed by atoms with Crippen molar-refractivity contribution in [3.05, 3.63) is 48.6 Å². The molecule has 0 aliphatic heterocycles. The van der Waals surface area contributed by atoms with E-state index in [1.54, 1.807) is 0 Å². The van der Waals surface area contributed by atoms with E-state index in [4.69, 9.17) is 37.0 Å². The normalized spacial score (nSPS) is 14.2. The minimum absolute atomic E-state index is 0.0882. The molecule has 0 aliphatic rings. The summed E-state index contributed by atoms with van der Waals surface area (Å²) in [7, 11) is -9.94. The molecular formula is C77H142O17P2. The highest BCUT2D eigenvalue weighted by molar-refractivity contribution is 7.47. The second-order valence-corrected chi connectivity index (χ2v) is 29.2. The Labute approximate surface area is 585 Å². The fraction of sp³-hybridized carbons (Fsp3) is 0.844. The van der Waals surface area contributed by atoms with Crippen LogP contribution in [-0.4, -0.2) is 96.7 Å². The van der Waals surface area contributed by atoms with Gasteiger partial charge in [-0.2, -0.15) is 0 Å². The minimum atomic E-state index is -4.97. The van der Waals surface area contributed by atoms with Crippen LogP contribution < -0.4 is 0 Å². The number of aliphatic hydroxyl groups is 1. The number of phosphoric acid groups is 2. The van der Waals surface area contributed by atoms with Crippen LogP contribution in [0.15, 0.2) is 48.6 Å². The quantitative estimate of drug-likeness (QED) is 0.0169. The minimum Gasteiger partial charge on any atom is -0.462 e. The van der Waals surface area contributed by atoms with Crippen molar-refractivity contribution in [1.29, 1.82) is 0 Å². The highest BCUT2D eigenvalue weighted by atomic mass is 31.2. The molecule has 0 saturated carbocycles. The van der Waals surface area contributed by atoms with E-state index in [1.807, 2.05) is 0 Å². The largest absolute Gasteiger partial charge is 0.472 e. The highest BCUT2D eigenvalue weighted by Gasteiger charge is 2.30. The van der Waals surface area contributed by atoms with Crippen LogP contribution in [0.2, 0.25) is 0 Å². The molecule has 4 atom stereocenters. The third kappa shape index (κ3) is 69.5. The number of ether oxygens (including phenoxy) is 4. The molecule has 0 aromatic heterocycles. The van der Waals surface area contributed by atoms with Crippen molar-refractivity contribution < 1.29 is 80.2 Å². The summed E-state index contributed by atoms with van der Waals surface area (Å²) >= 11 is 0. The zero-order chi connectivity index (χ0) is 70.4. The fourth-order valence-electron chi connectivity index (χ4n) is 10.7. The zero-order valence-corrected chi connectivity index (χ0v) is 63.1. The summed E-state index contributed by atoms with van der Waals surface area (Å²) in [5.41, 5.74) is 0. The van der Waals surface area contributed by atoms with Gasteiger partial charge in [0.15, 0.2) is 12.2 Å². The van der Waals surface area contributed by atoms with Crippen LogP contribution in [-0.2, 0) is 65.4 Å². The van der Waals surface area contributed by atoms with Crippen molar-refractivity contribution in [2.45, 2.75) is 380 Å². The van der Waals surface area contributed by atoms with E-state index in [0.717, 1.165) is 154 Å². The molecule has 0 spiro atoms. The van der Waals surface area contributed by atoms with Gasteiger partial charge in [0.25, 0.3) is 0 Å². The first-order chi connectivity index (χ1) is 46.7. The van der Waals surface area contributed by atoms with Crippen LogP contribution in [0.3, 0.4) is 0 Å². The van der Waals surface area contributed by atoms with Gasteiger partial charge in [0.05, 0.1) is 26.4 Å². The smallest absolute Gasteiger partial charge is 0.462 e. The number of hydrogen-bond acceptors (Lipinski definition) is 15. The lowest BCUT2D eigenvalue weighted by Crippen LogP contribution is -2.30. The lowest BCUT2D eigenvalue weighted by molar-refractivity contribution is -0.161. The average molecular weight is 1400 g/mol. The molecule has 0 radical (unpaired) electrons. The Bertz CT molecular complexity index is 1880. The van der Waals surface area contributed by atoms with Crippen LogP contribution in [0.1, 0.15) is 362 Å². The van der Waals surface area contributed by atoms with Gasteiger partial charge in [0, 0.05) is 25.7 Å². The fourth-order valence-corrected chi connectivity index (χ4v) is 12.3. The monoisotopic (exact) mass is 1400 g/mol. The first-order valence-corrected chi connectivity index (χ1v) is 41.9. The topological polar surface area (TPSA) is 237 Å².